The molecule has 1 fully saturated rings. The SMILES string of the molecule is CNCCCN(CC1CC1)C(=O)OC(C)(C)C. The van der Waals surface area contributed by atoms with E-state index >= 15 is 0 Å². The molecule has 0 aromatic carbocycles. The third-order valence-corrected chi connectivity index (χ3v) is 2.68. The van der Waals surface area contributed by atoms with E-state index in [0.717, 1.165) is 26.1 Å². The number of amides is 1. The lowest BCUT2D eigenvalue weighted by Crippen LogP contribution is -2.39. The van der Waals surface area contributed by atoms with Gasteiger partial charge in [-0.15, -0.1) is 0 Å². The normalized spacial score (nSPS) is 15.8. The molecule has 4 nitrogen and oxygen atoms in total. The summed E-state index contributed by atoms with van der Waals surface area (Å²) in [5, 5.41) is 3.10. The van der Waals surface area contributed by atoms with Gasteiger partial charge in [-0.05, 0) is 59.5 Å². The molecule has 1 amide bonds. The highest BCUT2D eigenvalue weighted by Crippen LogP contribution is 2.30. The van der Waals surface area contributed by atoms with Crippen molar-refractivity contribution in [1.82, 2.24) is 10.2 Å². The molecule has 0 bridgehead atoms. The van der Waals surface area contributed by atoms with Crippen LogP contribution in [0.2, 0.25) is 0 Å². The first-order valence-corrected chi connectivity index (χ1v) is 6.55. The van der Waals surface area contributed by atoms with Gasteiger partial charge in [0.25, 0.3) is 0 Å². The van der Waals surface area contributed by atoms with E-state index in [-0.39, 0.29) is 6.09 Å². The van der Waals surface area contributed by atoms with Gasteiger partial charge in [-0.25, -0.2) is 4.79 Å². The number of ether oxygens (including phenoxy) is 1. The molecular formula is C13H26N2O2. The Labute approximate surface area is 105 Å². The van der Waals surface area contributed by atoms with Crippen LogP contribution in [0.4, 0.5) is 4.79 Å². The topological polar surface area (TPSA) is 41.6 Å². The Balaban J connectivity index is 2.39. The van der Waals surface area contributed by atoms with Crippen LogP contribution in [0.1, 0.15) is 40.0 Å². The molecule has 17 heavy (non-hydrogen) atoms. The Kier molecular flexibility index (Phi) is 5.25. The summed E-state index contributed by atoms with van der Waals surface area (Å²) in [6.45, 7) is 8.31. The number of carbonyl (C=O) groups is 1. The third kappa shape index (κ3) is 6.51. The fourth-order valence-electron chi connectivity index (χ4n) is 1.64. The molecule has 1 saturated carbocycles. The van der Waals surface area contributed by atoms with Crippen LogP contribution in [0.3, 0.4) is 0 Å². The number of hydrogen-bond donors (Lipinski definition) is 1. The van der Waals surface area contributed by atoms with Crippen LogP contribution in [-0.2, 0) is 4.74 Å². The van der Waals surface area contributed by atoms with Crippen LogP contribution in [0.15, 0.2) is 0 Å². The molecule has 100 valence electrons. The van der Waals surface area contributed by atoms with E-state index in [2.05, 4.69) is 5.32 Å². The van der Waals surface area contributed by atoms with Crippen LogP contribution < -0.4 is 5.32 Å². The van der Waals surface area contributed by atoms with Crippen molar-refractivity contribution in [3.63, 3.8) is 0 Å². The number of nitrogens with one attached hydrogen (secondary N) is 1. The maximum Gasteiger partial charge on any atom is 0.410 e. The molecule has 0 aliphatic heterocycles. The molecule has 0 atom stereocenters. The van der Waals surface area contributed by atoms with E-state index in [1.165, 1.54) is 12.8 Å². The Morgan fingerprint density at radius 3 is 2.53 bits per heavy atom. The van der Waals surface area contributed by atoms with E-state index in [1.807, 2.05) is 32.7 Å². The van der Waals surface area contributed by atoms with Crippen LogP contribution in [0.25, 0.3) is 0 Å². The van der Waals surface area contributed by atoms with Crippen molar-refractivity contribution in [3.05, 3.63) is 0 Å². The fourth-order valence-corrected chi connectivity index (χ4v) is 1.64. The molecule has 1 aliphatic carbocycles. The second-order valence-electron chi connectivity index (χ2n) is 5.83. The molecular weight excluding hydrogens is 216 g/mol. The van der Waals surface area contributed by atoms with Crippen LogP contribution in [0.5, 0.6) is 0 Å². The highest BCUT2D eigenvalue weighted by Gasteiger charge is 2.29. The van der Waals surface area contributed by atoms with Crippen molar-refractivity contribution >= 4 is 6.09 Å². The molecule has 0 aromatic heterocycles. The zero-order valence-corrected chi connectivity index (χ0v) is 11.6. The highest BCUT2D eigenvalue weighted by molar-refractivity contribution is 5.68. The minimum absolute atomic E-state index is 0.166. The van der Waals surface area contributed by atoms with Crippen molar-refractivity contribution in [2.75, 3.05) is 26.7 Å². The van der Waals surface area contributed by atoms with Gasteiger partial charge in [0, 0.05) is 13.1 Å². The summed E-state index contributed by atoms with van der Waals surface area (Å²) < 4.78 is 5.43. The standard InChI is InChI=1S/C13H26N2O2/c1-13(2,3)17-12(16)15(9-5-8-14-4)10-11-6-7-11/h11,14H,5-10H2,1-4H3. The van der Waals surface area contributed by atoms with Crippen molar-refractivity contribution in [3.8, 4) is 0 Å². The molecule has 0 aromatic rings. The lowest BCUT2D eigenvalue weighted by Gasteiger charge is -2.27. The zero-order valence-electron chi connectivity index (χ0n) is 11.6. The summed E-state index contributed by atoms with van der Waals surface area (Å²) in [6.07, 6.45) is 3.32. The molecule has 0 spiro atoms. The lowest BCUT2D eigenvalue weighted by atomic mass is 10.2. The van der Waals surface area contributed by atoms with Gasteiger partial charge in [0.1, 0.15) is 5.60 Å². The largest absolute Gasteiger partial charge is 0.444 e. The lowest BCUT2D eigenvalue weighted by molar-refractivity contribution is 0.0239. The monoisotopic (exact) mass is 242 g/mol. The number of carbonyl (C=O) groups excluding carboxylic acids is 1. The summed E-state index contributed by atoms with van der Waals surface area (Å²) in [6, 6.07) is 0. The van der Waals surface area contributed by atoms with E-state index in [9.17, 15) is 4.79 Å². The van der Waals surface area contributed by atoms with Gasteiger partial charge in [-0.3, -0.25) is 0 Å². The molecule has 4 heteroatoms. The van der Waals surface area contributed by atoms with Gasteiger partial charge in [-0.1, -0.05) is 0 Å². The van der Waals surface area contributed by atoms with Gasteiger partial charge < -0.3 is 15.0 Å². The van der Waals surface area contributed by atoms with Gasteiger partial charge >= 0.3 is 6.09 Å². The summed E-state index contributed by atoms with van der Waals surface area (Å²) in [5.41, 5.74) is -0.401. The summed E-state index contributed by atoms with van der Waals surface area (Å²) in [5.74, 6) is 0.706. The van der Waals surface area contributed by atoms with Crippen LogP contribution in [0, 0.1) is 5.92 Å². The molecule has 0 saturated heterocycles. The van der Waals surface area contributed by atoms with E-state index < -0.39 is 5.60 Å². The third-order valence-electron chi connectivity index (χ3n) is 2.68. The van der Waals surface area contributed by atoms with Crippen molar-refractivity contribution < 1.29 is 9.53 Å². The zero-order chi connectivity index (χ0) is 12.9. The molecule has 1 aliphatic rings. The second kappa shape index (κ2) is 6.24. The van der Waals surface area contributed by atoms with Crippen molar-refractivity contribution in [2.24, 2.45) is 5.92 Å². The average molecular weight is 242 g/mol. The van der Waals surface area contributed by atoms with Crippen LogP contribution >= 0.6 is 0 Å². The van der Waals surface area contributed by atoms with E-state index in [0.29, 0.717) is 5.92 Å². The van der Waals surface area contributed by atoms with Gasteiger partial charge in [0.15, 0.2) is 0 Å². The minimum Gasteiger partial charge on any atom is -0.444 e. The maximum absolute atomic E-state index is 12.0. The Hall–Kier alpha value is -0.770. The molecule has 0 heterocycles. The molecule has 0 unspecified atom stereocenters. The van der Waals surface area contributed by atoms with E-state index in [4.69, 9.17) is 4.74 Å². The quantitative estimate of drug-likeness (QED) is 0.726. The second-order valence-corrected chi connectivity index (χ2v) is 5.83. The first kappa shape index (κ1) is 14.3. The molecule has 1 rings (SSSR count). The van der Waals surface area contributed by atoms with Crippen molar-refractivity contribution in [2.45, 2.75) is 45.6 Å². The Bertz CT molecular complexity index is 244. The maximum atomic E-state index is 12.0. The number of rotatable bonds is 6. The number of nitrogens with zero attached hydrogens (tertiary/aromatic N) is 1. The van der Waals surface area contributed by atoms with Gasteiger partial charge in [0.2, 0.25) is 0 Å². The molecule has 0 radical (unpaired) electrons. The summed E-state index contributed by atoms with van der Waals surface area (Å²) in [4.78, 5) is 13.9. The summed E-state index contributed by atoms with van der Waals surface area (Å²) >= 11 is 0. The first-order valence-electron chi connectivity index (χ1n) is 6.55. The first-order chi connectivity index (χ1) is 7.92. The van der Waals surface area contributed by atoms with E-state index in [1.54, 1.807) is 0 Å². The number of hydrogen-bond acceptors (Lipinski definition) is 3. The molecule has 1 N–H and O–H groups in total. The van der Waals surface area contributed by atoms with Gasteiger partial charge in [-0.2, -0.15) is 0 Å². The smallest absolute Gasteiger partial charge is 0.410 e. The highest BCUT2D eigenvalue weighted by atomic mass is 16.6. The predicted molar refractivity (Wildman–Crippen MR) is 69.1 cm³/mol. The van der Waals surface area contributed by atoms with Crippen molar-refractivity contribution in [1.29, 1.82) is 0 Å². The average Bonchev–Trinajstić information content (AvgIpc) is 2.97. The Morgan fingerprint density at radius 2 is 2.06 bits per heavy atom. The predicted octanol–water partition coefficient (Wildman–Crippen LogP) is 2.24. The Morgan fingerprint density at radius 1 is 1.41 bits per heavy atom. The minimum atomic E-state index is -0.401. The fraction of sp³-hybridized carbons (Fsp3) is 0.923. The van der Waals surface area contributed by atoms with Gasteiger partial charge in [0.05, 0.1) is 0 Å². The van der Waals surface area contributed by atoms with Crippen LogP contribution in [-0.4, -0.2) is 43.3 Å². The summed E-state index contributed by atoms with van der Waals surface area (Å²) in [7, 11) is 1.93.